The van der Waals surface area contributed by atoms with Crippen molar-refractivity contribution in [1.82, 2.24) is 15.5 Å². The molecule has 2 N–H and O–H groups in total. The summed E-state index contributed by atoms with van der Waals surface area (Å²) in [5.74, 6) is 1.76. The minimum Gasteiger partial charge on any atom is -0.381 e. The van der Waals surface area contributed by atoms with Gasteiger partial charge in [0.25, 0.3) is 0 Å². The van der Waals surface area contributed by atoms with E-state index in [9.17, 15) is 0 Å². The van der Waals surface area contributed by atoms with Gasteiger partial charge in [-0.15, -0.1) is 0 Å². The molecule has 1 aliphatic carbocycles. The molecule has 0 radical (unpaired) electrons. The molecule has 1 aliphatic heterocycles. The molecule has 2 atom stereocenters. The number of hydrogen-bond donors (Lipinski definition) is 2. The van der Waals surface area contributed by atoms with Gasteiger partial charge in [-0.25, -0.2) is 0 Å². The molecule has 24 heavy (non-hydrogen) atoms. The Morgan fingerprint density at radius 3 is 2.92 bits per heavy atom. The van der Waals surface area contributed by atoms with Crippen LogP contribution in [0, 0.1) is 5.92 Å². The van der Waals surface area contributed by atoms with E-state index in [4.69, 9.17) is 14.5 Å². The van der Waals surface area contributed by atoms with Crippen LogP contribution in [0.1, 0.15) is 40.0 Å². The van der Waals surface area contributed by atoms with Crippen LogP contribution < -0.4 is 10.6 Å². The number of hydrogen-bond acceptors (Lipinski definition) is 4. The first-order valence-corrected chi connectivity index (χ1v) is 9.64. The summed E-state index contributed by atoms with van der Waals surface area (Å²) in [6.07, 6.45) is 3.73. The second-order valence-corrected chi connectivity index (χ2v) is 7.03. The third kappa shape index (κ3) is 7.36. The summed E-state index contributed by atoms with van der Waals surface area (Å²) in [4.78, 5) is 7.24. The van der Waals surface area contributed by atoms with Gasteiger partial charge in [-0.05, 0) is 46.0 Å². The summed E-state index contributed by atoms with van der Waals surface area (Å²) in [6.45, 7) is 13.6. The van der Waals surface area contributed by atoms with Crippen molar-refractivity contribution in [2.24, 2.45) is 10.9 Å². The van der Waals surface area contributed by atoms with Crippen molar-refractivity contribution in [2.45, 2.75) is 52.1 Å². The maximum Gasteiger partial charge on any atom is 0.191 e. The average Bonchev–Trinajstić information content (AvgIpc) is 3.40. The summed E-state index contributed by atoms with van der Waals surface area (Å²) in [7, 11) is 0. The fraction of sp³-hybridized carbons (Fsp3) is 0.944. The first-order valence-electron chi connectivity index (χ1n) is 9.64. The molecule has 2 rings (SSSR count). The summed E-state index contributed by atoms with van der Waals surface area (Å²) in [5.41, 5.74) is 0. The van der Waals surface area contributed by atoms with Crippen molar-refractivity contribution in [1.29, 1.82) is 0 Å². The van der Waals surface area contributed by atoms with Crippen LogP contribution in [0.25, 0.3) is 0 Å². The normalized spacial score (nSPS) is 24.0. The van der Waals surface area contributed by atoms with E-state index in [1.54, 1.807) is 0 Å². The van der Waals surface area contributed by atoms with E-state index in [1.165, 1.54) is 12.8 Å². The number of aliphatic imine (C=N–C) groups is 1. The van der Waals surface area contributed by atoms with Gasteiger partial charge in [0.1, 0.15) is 0 Å². The van der Waals surface area contributed by atoms with Gasteiger partial charge in [0, 0.05) is 44.9 Å². The largest absolute Gasteiger partial charge is 0.381 e. The number of morpholine rings is 1. The number of rotatable bonds is 10. The monoisotopic (exact) mass is 340 g/mol. The van der Waals surface area contributed by atoms with Crippen LogP contribution >= 0.6 is 0 Å². The van der Waals surface area contributed by atoms with Crippen LogP contribution in [0.4, 0.5) is 0 Å². The topological polar surface area (TPSA) is 58.1 Å². The highest BCUT2D eigenvalue weighted by atomic mass is 16.5. The number of nitrogens with one attached hydrogen (secondary N) is 2. The van der Waals surface area contributed by atoms with E-state index < -0.39 is 0 Å². The van der Waals surface area contributed by atoms with Gasteiger partial charge in [-0.1, -0.05) is 0 Å². The fourth-order valence-corrected chi connectivity index (χ4v) is 2.98. The van der Waals surface area contributed by atoms with Crippen LogP contribution in [0.3, 0.4) is 0 Å². The Bertz CT molecular complexity index is 374. The van der Waals surface area contributed by atoms with Crippen LogP contribution in [0.15, 0.2) is 4.99 Å². The Morgan fingerprint density at radius 2 is 2.21 bits per heavy atom. The minimum atomic E-state index is 0.432. The zero-order valence-corrected chi connectivity index (χ0v) is 15.7. The third-order valence-corrected chi connectivity index (χ3v) is 4.65. The molecular formula is C18H36N4O2. The van der Waals surface area contributed by atoms with Crippen molar-refractivity contribution >= 4 is 5.96 Å². The quantitative estimate of drug-likeness (QED) is 0.358. The smallest absolute Gasteiger partial charge is 0.191 e. The second kappa shape index (κ2) is 10.9. The SMILES string of the molecule is CCNC(=NCC(C)N1CCOCC1C)NCCCOCC1CC1. The molecule has 140 valence electrons. The van der Waals surface area contributed by atoms with Gasteiger partial charge in [0.05, 0.1) is 19.8 Å². The molecule has 6 heteroatoms. The van der Waals surface area contributed by atoms with Gasteiger partial charge in [0.15, 0.2) is 5.96 Å². The third-order valence-electron chi connectivity index (χ3n) is 4.65. The summed E-state index contributed by atoms with van der Waals surface area (Å²) >= 11 is 0. The maximum atomic E-state index is 5.67. The van der Waals surface area contributed by atoms with E-state index in [1.807, 2.05) is 0 Å². The highest BCUT2D eigenvalue weighted by Gasteiger charge is 2.23. The molecule has 2 fully saturated rings. The number of guanidine groups is 1. The highest BCUT2D eigenvalue weighted by Crippen LogP contribution is 2.28. The molecule has 0 aromatic carbocycles. The summed E-state index contributed by atoms with van der Waals surface area (Å²) in [5, 5.41) is 6.74. The predicted octanol–water partition coefficient (Wildman–Crippen LogP) is 1.47. The van der Waals surface area contributed by atoms with Crippen LogP contribution in [-0.2, 0) is 9.47 Å². The first kappa shape index (κ1) is 19.5. The van der Waals surface area contributed by atoms with E-state index in [-0.39, 0.29) is 0 Å². The molecule has 1 saturated carbocycles. The van der Waals surface area contributed by atoms with Crippen LogP contribution in [0.2, 0.25) is 0 Å². The zero-order valence-electron chi connectivity index (χ0n) is 15.7. The van der Waals surface area contributed by atoms with Gasteiger partial charge in [-0.3, -0.25) is 9.89 Å². The predicted molar refractivity (Wildman–Crippen MR) is 98.6 cm³/mol. The number of nitrogens with zero attached hydrogens (tertiary/aromatic N) is 2. The lowest BCUT2D eigenvalue weighted by Crippen LogP contribution is -2.49. The molecular weight excluding hydrogens is 304 g/mol. The summed E-state index contributed by atoms with van der Waals surface area (Å²) < 4.78 is 11.2. The molecule has 0 aromatic heterocycles. The van der Waals surface area contributed by atoms with E-state index in [0.717, 1.165) is 70.9 Å². The molecule has 6 nitrogen and oxygen atoms in total. The van der Waals surface area contributed by atoms with E-state index >= 15 is 0 Å². The number of ether oxygens (including phenoxy) is 2. The lowest BCUT2D eigenvalue weighted by Gasteiger charge is -2.37. The molecule has 0 spiro atoms. The minimum absolute atomic E-state index is 0.432. The standard InChI is InChI=1S/C18H36N4O2/c1-4-19-18(20-8-5-10-23-14-17-6-7-17)21-12-15(2)22-9-11-24-13-16(22)3/h15-17H,4-14H2,1-3H3,(H2,19,20,21). The molecule has 2 unspecified atom stereocenters. The summed E-state index contributed by atoms with van der Waals surface area (Å²) in [6, 6.07) is 0.907. The molecule has 0 amide bonds. The first-order chi connectivity index (χ1) is 11.7. The Hall–Kier alpha value is -0.850. The lowest BCUT2D eigenvalue weighted by molar-refractivity contribution is -0.0165. The van der Waals surface area contributed by atoms with Gasteiger partial charge in [-0.2, -0.15) is 0 Å². The van der Waals surface area contributed by atoms with Crippen LogP contribution in [-0.4, -0.2) is 75.5 Å². The highest BCUT2D eigenvalue weighted by molar-refractivity contribution is 5.79. The lowest BCUT2D eigenvalue weighted by atomic mass is 10.2. The van der Waals surface area contributed by atoms with Crippen molar-refractivity contribution in [3.8, 4) is 0 Å². The Morgan fingerprint density at radius 1 is 1.38 bits per heavy atom. The second-order valence-electron chi connectivity index (χ2n) is 7.03. The molecule has 1 saturated heterocycles. The molecule has 0 bridgehead atoms. The average molecular weight is 341 g/mol. The van der Waals surface area contributed by atoms with Crippen molar-refractivity contribution in [3.63, 3.8) is 0 Å². The molecule has 1 heterocycles. The molecule has 0 aromatic rings. The Balaban J connectivity index is 1.64. The maximum absolute atomic E-state index is 5.67. The van der Waals surface area contributed by atoms with Gasteiger partial charge >= 0.3 is 0 Å². The van der Waals surface area contributed by atoms with E-state index in [2.05, 4.69) is 36.3 Å². The van der Waals surface area contributed by atoms with Crippen molar-refractivity contribution < 1.29 is 9.47 Å². The van der Waals surface area contributed by atoms with Gasteiger partial charge in [0.2, 0.25) is 0 Å². The fourth-order valence-electron chi connectivity index (χ4n) is 2.98. The Labute approximate surface area is 147 Å². The van der Waals surface area contributed by atoms with Crippen molar-refractivity contribution in [3.05, 3.63) is 0 Å². The van der Waals surface area contributed by atoms with Crippen molar-refractivity contribution in [2.75, 3.05) is 52.6 Å². The van der Waals surface area contributed by atoms with Crippen LogP contribution in [0.5, 0.6) is 0 Å². The van der Waals surface area contributed by atoms with E-state index in [0.29, 0.717) is 12.1 Å². The molecule has 2 aliphatic rings. The zero-order chi connectivity index (χ0) is 17.2. The Kier molecular flexibility index (Phi) is 8.84. The van der Waals surface area contributed by atoms with Gasteiger partial charge < -0.3 is 20.1 Å².